The number of carboxylic acid groups (broad SMARTS) is 1. The lowest BCUT2D eigenvalue weighted by molar-refractivity contribution is -0.132. The van der Waals surface area contributed by atoms with Crippen LogP contribution in [0.1, 0.15) is 93.4 Å². The minimum Gasteiger partial charge on any atom is -0.478 e. The highest BCUT2D eigenvalue weighted by Crippen LogP contribution is 2.70. The Hall–Kier alpha value is -1.39. The molecule has 3 N–H and O–H groups in total. The predicted octanol–water partition coefficient (Wildman–Crippen LogP) is 6.29. The molecule has 0 aromatic carbocycles. The standard InChI is InChI=1S/C30H46O4/c1-18(26(33)34)16-20(31)17-19(2)29(6)14-11-23-21-8-9-24-27(3,4)25(32)12-13-28(24,5)22(21)10-15-30(23,29)7/h8,11,16,19-20,22,24-25,31-32H,9-10,12-15,17H2,1-7H3,(H,33,34). The van der Waals surface area contributed by atoms with Crippen LogP contribution in [0.5, 0.6) is 0 Å². The van der Waals surface area contributed by atoms with Crippen LogP contribution in [0.3, 0.4) is 0 Å². The number of carboxylic acids is 1. The Morgan fingerprint density at radius 2 is 1.82 bits per heavy atom. The number of carbonyl (C=O) groups is 1. The molecule has 0 saturated heterocycles. The third-order valence-electron chi connectivity index (χ3n) is 11.5. The van der Waals surface area contributed by atoms with E-state index < -0.39 is 12.1 Å². The second-order valence-corrected chi connectivity index (χ2v) is 13.4. The van der Waals surface area contributed by atoms with Gasteiger partial charge in [0.05, 0.1) is 12.2 Å². The van der Waals surface area contributed by atoms with E-state index in [4.69, 9.17) is 0 Å². The van der Waals surface area contributed by atoms with Gasteiger partial charge in [0.1, 0.15) is 0 Å². The summed E-state index contributed by atoms with van der Waals surface area (Å²) in [6, 6.07) is 0. The fraction of sp³-hybridized carbons (Fsp3) is 0.767. The van der Waals surface area contributed by atoms with Gasteiger partial charge in [-0.1, -0.05) is 53.7 Å². The summed E-state index contributed by atoms with van der Waals surface area (Å²) < 4.78 is 0. The van der Waals surface area contributed by atoms with Crippen molar-refractivity contribution in [3.63, 3.8) is 0 Å². The van der Waals surface area contributed by atoms with Gasteiger partial charge in [0.15, 0.2) is 0 Å². The molecule has 4 rings (SSSR count). The molecular formula is C30H46O4. The fourth-order valence-corrected chi connectivity index (χ4v) is 8.75. The maximum Gasteiger partial charge on any atom is 0.331 e. The van der Waals surface area contributed by atoms with E-state index in [-0.39, 0.29) is 39.3 Å². The van der Waals surface area contributed by atoms with E-state index in [1.165, 1.54) is 18.1 Å². The Morgan fingerprint density at radius 1 is 1.15 bits per heavy atom. The first-order valence-electron chi connectivity index (χ1n) is 13.4. The molecule has 0 bridgehead atoms. The molecule has 2 fully saturated rings. The summed E-state index contributed by atoms with van der Waals surface area (Å²) in [6.07, 6.45) is 12.5. The van der Waals surface area contributed by atoms with E-state index in [2.05, 4.69) is 53.7 Å². The first kappa shape index (κ1) is 25.7. The monoisotopic (exact) mass is 470 g/mol. The van der Waals surface area contributed by atoms with Gasteiger partial charge in [-0.05, 0) is 109 Å². The van der Waals surface area contributed by atoms with Gasteiger partial charge in [-0.2, -0.15) is 0 Å². The number of aliphatic carboxylic acids is 1. The van der Waals surface area contributed by atoms with Crippen molar-refractivity contribution in [3.8, 4) is 0 Å². The third-order valence-corrected chi connectivity index (χ3v) is 11.5. The van der Waals surface area contributed by atoms with Crippen molar-refractivity contribution < 1.29 is 20.1 Å². The molecule has 8 unspecified atom stereocenters. The van der Waals surface area contributed by atoms with Crippen LogP contribution in [0.25, 0.3) is 0 Å². The second-order valence-electron chi connectivity index (χ2n) is 13.4. The molecule has 0 aromatic heterocycles. The van der Waals surface area contributed by atoms with Crippen molar-refractivity contribution in [2.75, 3.05) is 0 Å². The summed E-state index contributed by atoms with van der Waals surface area (Å²) in [5, 5.41) is 30.6. The highest BCUT2D eigenvalue weighted by atomic mass is 16.4. The lowest BCUT2D eigenvalue weighted by atomic mass is 9.43. The zero-order valence-electron chi connectivity index (χ0n) is 22.3. The van der Waals surface area contributed by atoms with Crippen molar-refractivity contribution in [2.24, 2.45) is 39.4 Å². The fourth-order valence-electron chi connectivity index (χ4n) is 8.75. The van der Waals surface area contributed by atoms with Crippen LogP contribution in [-0.2, 0) is 4.79 Å². The van der Waals surface area contributed by atoms with E-state index >= 15 is 0 Å². The highest BCUT2D eigenvalue weighted by Gasteiger charge is 2.61. The molecule has 0 aromatic rings. The summed E-state index contributed by atoms with van der Waals surface area (Å²) in [6.45, 7) is 15.6. The Morgan fingerprint density at radius 3 is 2.47 bits per heavy atom. The molecule has 8 atom stereocenters. The molecule has 0 spiro atoms. The van der Waals surface area contributed by atoms with Crippen molar-refractivity contribution in [2.45, 2.75) is 106 Å². The zero-order chi connectivity index (χ0) is 25.3. The second kappa shape index (κ2) is 8.34. The first-order chi connectivity index (χ1) is 15.7. The molecule has 34 heavy (non-hydrogen) atoms. The SMILES string of the molecule is CC(=CC(O)CC(C)C1(C)CC=C2C3=CCC4C(C)(C)C(O)CCC4(C)C3CCC21C)C(=O)O. The lowest BCUT2D eigenvalue weighted by Crippen LogP contribution is -2.56. The van der Waals surface area contributed by atoms with Gasteiger partial charge in [0.2, 0.25) is 0 Å². The van der Waals surface area contributed by atoms with Gasteiger partial charge < -0.3 is 15.3 Å². The summed E-state index contributed by atoms with van der Waals surface area (Å²) in [4.78, 5) is 11.2. The summed E-state index contributed by atoms with van der Waals surface area (Å²) in [5.41, 5.74) is 3.58. The number of hydrogen-bond acceptors (Lipinski definition) is 3. The highest BCUT2D eigenvalue weighted by molar-refractivity contribution is 5.85. The molecule has 4 aliphatic rings. The maximum absolute atomic E-state index is 11.2. The van der Waals surface area contributed by atoms with Gasteiger partial charge in [-0.3, -0.25) is 0 Å². The van der Waals surface area contributed by atoms with Crippen LogP contribution < -0.4 is 0 Å². The van der Waals surface area contributed by atoms with Crippen LogP contribution >= 0.6 is 0 Å². The normalized spacial score (nSPS) is 43.1. The summed E-state index contributed by atoms with van der Waals surface area (Å²) in [5.74, 6) is 0.352. The molecule has 4 aliphatic carbocycles. The molecule has 190 valence electrons. The maximum atomic E-state index is 11.2. The average Bonchev–Trinajstić information content (AvgIpc) is 3.03. The smallest absolute Gasteiger partial charge is 0.331 e. The van der Waals surface area contributed by atoms with E-state index in [0.29, 0.717) is 18.3 Å². The number of allylic oxidation sites excluding steroid dienone is 4. The van der Waals surface area contributed by atoms with Gasteiger partial charge >= 0.3 is 5.97 Å². The van der Waals surface area contributed by atoms with Gasteiger partial charge in [-0.15, -0.1) is 0 Å². The molecule has 0 heterocycles. The molecule has 0 radical (unpaired) electrons. The van der Waals surface area contributed by atoms with Gasteiger partial charge in [-0.25, -0.2) is 4.79 Å². The number of hydrogen-bond donors (Lipinski definition) is 3. The summed E-state index contributed by atoms with van der Waals surface area (Å²) >= 11 is 0. The minimum atomic E-state index is -0.970. The summed E-state index contributed by atoms with van der Waals surface area (Å²) in [7, 11) is 0. The number of aliphatic hydroxyl groups is 2. The van der Waals surface area contributed by atoms with Crippen LogP contribution in [0.15, 0.2) is 34.9 Å². The Kier molecular flexibility index (Phi) is 6.30. The minimum absolute atomic E-state index is 0.0277. The molecular weight excluding hydrogens is 424 g/mol. The average molecular weight is 471 g/mol. The molecule has 0 aliphatic heterocycles. The van der Waals surface area contributed by atoms with Crippen LogP contribution in [-0.4, -0.2) is 33.5 Å². The number of aliphatic hydroxyl groups excluding tert-OH is 2. The molecule has 4 heteroatoms. The molecule has 4 nitrogen and oxygen atoms in total. The quantitative estimate of drug-likeness (QED) is 0.413. The van der Waals surface area contributed by atoms with Gasteiger partial charge in [0, 0.05) is 5.57 Å². The van der Waals surface area contributed by atoms with Crippen molar-refractivity contribution in [3.05, 3.63) is 34.9 Å². The van der Waals surface area contributed by atoms with Gasteiger partial charge in [0.25, 0.3) is 0 Å². The topological polar surface area (TPSA) is 77.8 Å². The molecule has 2 saturated carbocycles. The van der Waals surface area contributed by atoms with E-state index in [0.717, 1.165) is 32.1 Å². The van der Waals surface area contributed by atoms with Crippen molar-refractivity contribution >= 4 is 5.97 Å². The number of rotatable bonds is 5. The zero-order valence-corrected chi connectivity index (χ0v) is 22.3. The lowest BCUT2D eigenvalue weighted by Gasteiger charge is -2.62. The third kappa shape index (κ3) is 3.58. The Labute approximate surface area is 206 Å². The number of fused-ring (bicyclic) bond motifs is 5. The van der Waals surface area contributed by atoms with Crippen LogP contribution in [0.2, 0.25) is 0 Å². The van der Waals surface area contributed by atoms with E-state index in [1.54, 1.807) is 12.5 Å². The van der Waals surface area contributed by atoms with Crippen LogP contribution in [0, 0.1) is 39.4 Å². The van der Waals surface area contributed by atoms with E-state index in [1.807, 2.05) is 0 Å². The van der Waals surface area contributed by atoms with Crippen molar-refractivity contribution in [1.29, 1.82) is 0 Å². The van der Waals surface area contributed by atoms with E-state index in [9.17, 15) is 20.1 Å². The largest absolute Gasteiger partial charge is 0.478 e. The van der Waals surface area contributed by atoms with Crippen molar-refractivity contribution in [1.82, 2.24) is 0 Å². The Bertz CT molecular complexity index is 941. The van der Waals surface area contributed by atoms with Crippen LogP contribution in [0.4, 0.5) is 0 Å². The Balaban J connectivity index is 1.60. The molecule has 0 amide bonds. The predicted molar refractivity (Wildman–Crippen MR) is 136 cm³/mol. The first-order valence-corrected chi connectivity index (χ1v) is 13.4.